The third-order valence-corrected chi connectivity index (χ3v) is 4.04. The maximum Gasteiger partial charge on any atom is 0.225 e. The number of hydrogen-bond acceptors (Lipinski definition) is 2. The smallest absolute Gasteiger partial charge is 0.225 e. The molecule has 3 N–H and O–H groups in total. The van der Waals surface area contributed by atoms with Gasteiger partial charge in [-0.3, -0.25) is 4.79 Å². The molecule has 0 aliphatic heterocycles. The summed E-state index contributed by atoms with van der Waals surface area (Å²) in [4.78, 5) is 15.4. The van der Waals surface area contributed by atoms with Gasteiger partial charge in [-0.1, -0.05) is 41.9 Å². The summed E-state index contributed by atoms with van der Waals surface area (Å²) in [5, 5.41) is 14.0. The molecule has 1 unspecified atom stereocenters. The first kappa shape index (κ1) is 15.6. The lowest BCUT2D eigenvalue weighted by Gasteiger charge is -2.16. The van der Waals surface area contributed by atoms with Crippen LogP contribution in [0.5, 0.6) is 0 Å². The third-order valence-electron chi connectivity index (χ3n) is 3.80. The van der Waals surface area contributed by atoms with Crippen molar-refractivity contribution in [2.45, 2.75) is 12.5 Å². The minimum absolute atomic E-state index is 0.143. The molecule has 0 radical (unpaired) electrons. The Labute approximate surface area is 139 Å². The first-order valence-electron chi connectivity index (χ1n) is 7.38. The van der Waals surface area contributed by atoms with Crippen molar-refractivity contribution in [1.82, 2.24) is 10.3 Å². The van der Waals surface area contributed by atoms with Gasteiger partial charge in [0, 0.05) is 22.1 Å². The predicted molar refractivity (Wildman–Crippen MR) is 91.4 cm³/mol. The first-order chi connectivity index (χ1) is 11.2. The third kappa shape index (κ3) is 3.55. The fraction of sp³-hybridized carbons (Fsp3) is 0.167. The Morgan fingerprint density at radius 2 is 2.00 bits per heavy atom. The molecule has 0 spiro atoms. The Balaban J connectivity index is 1.74. The molecule has 0 bridgehead atoms. The molecule has 0 fully saturated rings. The SMILES string of the molecule is O=C(Cc1c[nH]c2ccc(Cl)cc12)NC(CO)c1ccccc1. The molecule has 0 aliphatic rings. The first-order valence-corrected chi connectivity index (χ1v) is 7.76. The molecule has 3 aromatic rings. The molecule has 3 rings (SSSR count). The molecule has 4 nitrogen and oxygen atoms in total. The minimum Gasteiger partial charge on any atom is -0.394 e. The molecule has 1 heterocycles. The van der Waals surface area contributed by atoms with Crippen molar-refractivity contribution in [2.75, 3.05) is 6.61 Å². The number of benzene rings is 2. The lowest BCUT2D eigenvalue weighted by Crippen LogP contribution is -2.31. The van der Waals surface area contributed by atoms with Crippen LogP contribution in [0, 0.1) is 0 Å². The summed E-state index contributed by atoms with van der Waals surface area (Å²) in [5.74, 6) is -0.145. The standard InChI is InChI=1S/C18H17ClN2O2/c19-14-6-7-16-15(9-14)13(10-20-16)8-18(23)21-17(11-22)12-4-2-1-3-5-12/h1-7,9-10,17,20,22H,8,11H2,(H,21,23). The summed E-state index contributed by atoms with van der Waals surface area (Å²) in [7, 11) is 0. The van der Waals surface area contributed by atoms with Crippen molar-refractivity contribution >= 4 is 28.4 Å². The highest BCUT2D eigenvalue weighted by Crippen LogP contribution is 2.23. The van der Waals surface area contributed by atoms with E-state index in [4.69, 9.17) is 11.6 Å². The highest BCUT2D eigenvalue weighted by atomic mass is 35.5. The van der Waals surface area contributed by atoms with Crippen LogP contribution in [0.3, 0.4) is 0 Å². The molecule has 0 saturated carbocycles. The summed E-state index contributed by atoms with van der Waals surface area (Å²) in [6, 6.07) is 14.6. The lowest BCUT2D eigenvalue weighted by molar-refractivity contribution is -0.121. The average molecular weight is 329 g/mol. The summed E-state index contributed by atoms with van der Waals surface area (Å²) in [6.07, 6.45) is 2.04. The molecule has 1 aromatic heterocycles. The van der Waals surface area contributed by atoms with E-state index in [1.807, 2.05) is 48.7 Å². The molecular weight excluding hydrogens is 312 g/mol. The average Bonchev–Trinajstić information content (AvgIpc) is 2.95. The molecule has 118 valence electrons. The largest absolute Gasteiger partial charge is 0.394 e. The molecule has 23 heavy (non-hydrogen) atoms. The van der Waals surface area contributed by atoms with E-state index >= 15 is 0 Å². The Bertz CT molecular complexity index is 814. The normalized spacial score (nSPS) is 12.3. The van der Waals surface area contributed by atoms with Gasteiger partial charge in [0.1, 0.15) is 0 Å². The number of aromatic nitrogens is 1. The van der Waals surface area contributed by atoms with Gasteiger partial charge in [-0.25, -0.2) is 0 Å². The number of aromatic amines is 1. The number of carbonyl (C=O) groups is 1. The van der Waals surface area contributed by atoms with E-state index in [-0.39, 0.29) is 18.9 Å². The fourth-order valence-corrected chi connectivity index (χ4v) is 2.81. The van der Waals surface area contributed by atoms with Crippen LogP contribution in [0.2, 0.25) is 5.02 Å². The highest BCUT2D eigenvalue weighted by Gasteiger charge is 2.15. The zero-order valence-corrected chi connectivity index (χ0v) is 13.2. The van der Waals surface area contributed by atoms with Crippen molar-refractivity contribution in [3.8, 4) is 0 Å². The number of nitrogens with one attached hydrogen (secondary N) is 2. The summed E-state index contributed by atoms with van der Waals surface area (Å²) in [6.45, 7) is -0.143. The monoisotopic (exact) mass is 328 g/mol. The van der Waals surface area contributed by atoms with Gasteiger partial charge in [-0.05, 0) is 29.3 Å². The number of rotatable bonds is 5. The van der Waals surface area contributed by atoms with E-state index in [9.17, 15) is 9.90 Å². The van der Waals surface area contributed by atoms with E-state index < -0.39 is 6.04 Å². The molecule has 1 amide bonds. The summed E-state index contributed by atoms with van der Waals surface area (Å²) < 4.78 is 0. The molecule has 5 heteroatoms. The minimum atomic E-state index is -0.405. The Morgan fingerprint density at radius 3 is 2.74 bits per heavy atom. The second kappa shape index (κ2) is 6.86. The van der Waals surface area contributed by atoms with Gasteiger partial charge < -0.3 is 15.4 Å². The van der Waals surface area contributed by atoms with Crippen LogP contribution in [0.1, 0.15) is 17.2 Å². The van der Waals surface area contributed by atoms with E-state index in [0.717, 1.165) is 22.0 Å². The van der Waals surface area contributed by atoms with E-state index in [0.29, 0.717) is 5.02 Å². The van der Waals surface area contributed by atoms with Gasteiger partial charge in [0.05, 0.1) is 19.1 Å². The molecule has 0 saturated heterocycles. The quantitative estimate of drug-likeness (QED) is 0.673. The van der Waals surface area contributed by atoms with Crippen LogP contribution in [0.25, 0.3) is 10.9 Å². The van der Waals surface area contributed by atoms with E-state index in [2.05, 4.69) is 10.3 Å². The van der Waals surface area contributed by atoms with Crippen LogP contribution in [0.15, 0.2) is 54.7 Å². The lowest BCUT2D eigenvalue weighted by atomic mass is 10.1. The van der Waals surface area contributed by atoms with Crippen LogP contribution < -0.4 is 5.32 Å². The Kier molecular flexibility index (Phi) is 4.65. The van der Waals surface area contributed by atoms with E-state index in [1.54, 1.807) is 6.07 Å². The fourth-order valence-electron chi connectivity index (χ4n) is 2.63. The number of aliphatic hydroxyl groups is 1. The van der Waals surface area contributed by atoms with Crippen LogP contribution in [-0.4, -0.2) is 22.6 Å². The number of amides is 1. The van der Waals surface area contributed by atoms with Gasteiger partial charge in [-0.15, -0.1) is 0 Å². The number of halogens is 1. The maximum atomic E-state index is 12.3. The zero-order valence-electron chi connectivity index (χ0n) is 12.4. The van der Waals surface area contributed by atoms with Crippen LogP contribution in [-0.2, 0) is 11.2 Å². The highest BCUT2D eigenvalue weighted by molar-refractivity contribution is 6.31. The van der Waals surface area contributed by atoms with Crippen LogP contribution in [0.4, 0.5) is 0 Å². The summed E-state index contributed by atoms with van der Waals surface area (Å²) in [5.41, 5.74) is 2.70. The second-order valence-electron chi connectivity index (χ2n) is 5.39. The number of hydrogen-bond donors (Lipinski definition) is 3. The van der Waals surface area contributed by atoms with Gasteiger partial charge in [0.15, 0.2) is 0 Å². The van der Waals surface area contributed by atoms with Gasteiger partial charge >= 0.3 is 0 Å². The molecule has 0 aliphatic carbocycles. The summed E-state index contributed by atoms with van der Waals surface area (Å²) >= 11 is 6.02. The number of carbonyl (C=O) groups excluding carboxylic acids is 1. The van der Waals surface area contributed by atoms with Gasteiger partial charge in [0.25, 0.3) is 0 Å². The molecule has 2 aromatic carbocycles. The number of fused-ring (bicyclic) bond motifs is 1. The van der Waals surface area contributed by atoms with Gasteiger partial charge in [0.2, 0.25) is 5.91 Å². The van der Waals surface area contributed by atoms with Crippen molar-refractivity contribution in [1.29, 1.82) is 0 Å². The van der Waals surface area contributed by atoms with Crippen molar-refractivity contribution in [3.63, 3.8) is 0 Å². The predicted octanol–water partition coefficient (Wildman–Crippen LogP) is 3.21. The van der Waals surface area contributed by atoms with Crippen molar-refractivity contribution < 1.29 is 9.90 Å². The van der Waals surface area contributed by atoms with Crippen molar-refractivity contribution in [3.05, 3.63) is 70.9 Å². The van der Waals surface area contributed by atoms with Gasteiger partial charge in [-0.2, -0.15) is 0 Å². The van der Waals surface area contributed by atoms with E-state index in [1.165, 1.54) is 0 Å². The topological polar surface area (TPSA) is 65.1 Å². The molecule has 1 atom stereocenters. The zero-order chi connectivity index (χ0) is 16.2. The maximum absolute atomic E-state index is 12.3. The Hall–Kier alpha value is -2.30. The number of H-pyrrole nitrogens is 1. The van der Waals surface area contributed by atoms with Crippen molar-refractivity contribution in [2.24, 2.45) is 0 Å². The van der Waals surface area contributed by atoms with Crippen LogP contribution >= 0.6 is 11.6 Å². The second-order valence-corrected chi connectivity index (χ2v) is 5.83. The molecular formula is C18H17ClN2O2. The Morgan fingerprint density at radius 1 is 1.22 bits per heavy atom. The number of aliphatic hydroxyl groups excluding tert-OH is 1.